The van der Waals surface area contributed by atoms with E-state index in [2.05, 4.69) is 40.2 Å². The van der Waals surface area contributed by atoms with Gasteiger partial charge in [0, 0.05) is 56.0 Å². The van der Waals surface area contributed by atoms with Gasteiger partial charge in [-0.25, -0.2) is 4.98 Å². The van der Waals surface area contributed by atoms with E-state index >= 15 is 0 Å². The van der Waals surface area contributed by atoms with Crippen LogP contribution in [0.5, 0.6) is 0 Å². The zero-order chi connectivity index (χ0) is 17.3. The van der Waals surface area contributed by atoms with Crippen LogP contribution in [-0.2, 0) is 0 Å². The lowest BCUT2D eigenvalue weighted by molar-refractivity contribution is 0.0745. The molecule has 0 radical (unpaired) electrons. The van der Waals surface area contributed by atoms with Crippen molar-refractivity contribution in [3.05, 3.63) is 41.6 Å². The summed E-state index contributed by atoms with van der Waals surface area (Å²) in [6.07, 6.45) is 5.15. The fraction of sp³-hybridized carbons (Fsp3) is 0.500. The molecule has 0 spiro atoms. The van der Waals surface area contributed by atoms with Gasteiger partial charge in [-0.1, -0.05) is 0 Å². The highest BCUT2D eigenvalue weighted by molar-refractivity contribution is 5.96. The minimum atomic E-state index is 0.133. The fourth-order valence-corrected chi connectivity index (χ4v) is 3.55. The molecule has 0 N–H and O–H groups in total. The topological polar surface area (TPSA) is 54.3 Å². The Bertz CT molecular complexity index is 715. The molecular formula is C18H25N5O. The van der Waals surface area contributed by atoms with Gasteiger partial charge in [0.25, 0.3) is 5.91 Å². The summed E-state index contributed by atoms with van der Waals surface area (Å²) in [5.41, 5.74) is 3.03. The van der Waals surface area contributed by atoms with E-state index in [0.717, 1.165) is 35.9 Å². The van der Waals surface area contributed by atoms with Gasteiger partial charge in [0.15, 0.2) is 0 Å². The van der Waals surface area contributed by atoms with Crippen molar-refractivity contribution < 1.29 is 4.79 Å². The molecule has 1 saturated heterocycles. The molecular weight excluding hydrogens is 302 g/mol. The largest absolute Gasteiger partial charge is 0.352 e. The first kappa shape index (κ1) is 16.5. The smallest absolute Gasteiger partial charge is 0.255 e. The normalized spacial score (nSPS) is 15.2. The molecule has 128 valence electrons. The van der Waals surface area contributed by atoms with Crippen molar-refractivity contribution in [2.24, 2.45) is 0 Å². The Hall–Kier alpha value is -2.37. The van der Waals surface area contributed by atoms with E-state index in [1.165, 1.54) is 0 Å². The summed E-state index contributed by atoms with van der Waals surface area (Å²) in [6.45, 7) is 11.4. The van der Waals surface area contributed by atoms with Gasteiger partial charge in [0.1, 0.15) is 5.82 Å². The van der Waals surface area contributed by atoms with Crippen LogP contribution in [0.4, 0.5) is 5.82 Å². The van der Waals surface area contributed by atoms with Crippen LogP contribution in [0.25, 0.3) is 0 Å². The second-order valence-electron chi connectivity index (χ2n) is 6.59. The molecule has 1 fully saturated rings. The van der Waals surface area contributed by atoms with Crippen molar-refractivity contribution in [3.63, 3.8) is 0 Å². The highest BCUT2D eigenvalue weighted by Gasteiger charge is 2.26. The Morgan fingerprint density at radius 2 is 1.83 bits per heavy atom. The number of nitrogens with zero attached hydrogens (tertiary/aromatic N) is 5. The molecule has 1 aliphatic heterocycles. The summed E-state index contributed by atoms with van der Waals surface area (Å²) in [4.78, 5) is 25.5. The van der Waals surface area contributed by atoms with E-state index in [1.54, 1.807) is 18.6 Å². The predicted molar refractivity (Wildman–Crippen MR) is 94.4 cm³/mol. The Morgan fingerprint density at radius 1 is 1.12 bits per heavy atom. The van der Waals surface area contributed by atoms with Crippen LogP contribution < -0.4 is 4.90 Å². The molecule has 3 rings (SSSR count). The number of hydrogen-bond acceptors (Lipinski definition) is 4. The first-order valence-corrected chi connectivity index (χ1v) is 8.47. The standard InChI is InChI=1S/C18H25N5O/c1-13(2)23-14(3)11-16(15(23)4)18(24)22-9-7-21(8-10-22)17-12-19-5-6-20-17/h5-6,11-13H,7-10H2,1-4H3. The molecule has 0 saturated carbocycles. The second kappa shape index (κ2) is 6.63. The minimum Gasteiger partial charge on any atom is -0.352 e. The molecule has 24 heavy (non-hydrogen) atoms. The quantitative estimate of drug-likeness (QED) is 0.869. The molecule has 1 aliphatic rings. The SMILES string of the molecule is Cc1cc(C(=O)N2CCN(c3cnccn3)CC2)c(C)n1C(C)C. The fourth-order valence-electron chi connectivity index (χ4n) is 3.55. The van der Waals surface area contributed by atoms with E-state index in [0.29, 0.717) is 19.1 Å². The van der Waals surface area contributed by atoms with E-state index < -0.39 is 0 Å². The minimum absolute atomic E-state index is 0.133. The van der Waals surface area contributed by atoms with Gasteiger partial charge in [-0.05, 0) is 33.8 Å². The van der Waals surface area contributed by atoms with E-state index in [9.17, 15) is 4.79 Å². The maximum atomic E-state index is 12.9. The maximum absolute atomic E-state index is 12.9. The molecule has 6 nitrogen and oxygen atoms in total. The average Bonchev–Trinajstić information content (AvgIpc) is 2.89. The molecule has 6 heteroatoms. The summed E-state index contributed by atoms with van der Waals surface area (Å²) in [7, 11) is 0. The van der Waals surface area contributed by atoms with Crippen LogP contribution >= 0.6 is 0 Å². The summed E-state index contributed by atoms with van der Waals surface area (Å²) < 4.78 is 2.23. The zero-order valence-electron chi connectivity index (χ0n) is 14.9. The van der Waals surface area contributed by atoms with E-state index in [-0.39, 0.29) is 5.91 Å². The number of amides is 1. The zero-order valence-corrected chi connectivity index (χ0v) is 14.9. The second-order valence-corrected chi connectivity index (χ2v) is 6.59. The molecule has 0 aliphatic carbocycles. The third-order valence-electron chi connectivity index (χ3n) is 4.67. The van der Waals surface area contributed by atoms with Crippen molar-refractivity contribution in [2.75, 3.05) is 31.1 Å². The molecule has 0 unspecified atom stereocenters. The summed E-state index contributed by atoms with van der Waals surface area (Å²) in [5.74, 6) is 1.01. The number of anilines is 1. The molecule has 0 atom stereocenters. The van der Waals surface area contributed by atoms with Crippen molar-refractivity contribution in [1.29, 1.82) is 0 Å². The molecule has 0 aromatic carbocycles. The first-order chi connectivity index (χ1) is 11.5. The molecule has 2 aromatic heterocycles. The maximum Gasteiger partial charge on any atom is 0.255 e. The molecule has 0 bridgehead atoms. The van der Waals surface area contributed by atoms with E-state index in [1.807, 2.05) is 17.9 Å². The number of aryl methyl sites for hydroxylation is 1. The summed E-state index contributed by atoms with van der Waals surface area (Å²) in [5, 5.41) is 0. The Balaban J connectivity index is 1.71. The van der Waals surface area contributed by atoms with Crippen LogP contribution in [0.2, 0.25) is 0 Å². The predicted octanol–water partition coefficient (Wildman–Crippen LogP) is 2.44. The molecule has 2 aromatic rings. The van der Waals surface area contributed by atoms with Gasteiger partial charge in [0.05, 0.1) is 11.8 Å². The lowest BCUT2D eigenvalue weighted by atomic mass is 10.2. The third-order valence-corrected chi connectivity index (χ3v) is 4.67. The van der Waals surface area contributed by atoms with Crippen LogP contribution in [0.3, 0.4) is 0 Å². The van der Waals surface area contributed by atoms with Crippen molar-refractivity contribution >= 4 is 11.7 Å². The Labute approximate surface area is 143 Å². The third kappa shape index (κ3) is 3.00. The first-order valence-electron chi connectivity index (χ1n) is 8.47. The van der Waals surface area contributed by atoms with Gasteiger partial charge in [0.2, 0.25) is 0 Å². The van der Waals surface area contributed by atoms with Crippen LogP contribution in [-0.4, -0.2) is 51.5 Å². The number of carbonyl (C=O) groups excluding carboxylic acids is 1. The van der Waals surface area contributed by atoms with Gasteiger partial charge >= 0.3 is 0 Å². The van der Waals surface area contributed by atoms with Crippen LogP contribution in [0.15, 0.2) is 24.7 Å². The summed E-state index contributed by atoms with van der Waals surface area (Å²) in [6, 6.07) is 2.38. The number of piperazine rings is 1. The number of aromatic nitrogens is 3. The summed E-state index contributed by atoms with van der Waals surface area (Å²) >= 11 is 0. The number of rotatable bonds is 3. The van der Waals surface area contributed by atoms with Crippen molar-refractivity contribution in [2.45, 2.75) is 33.7 Å². The molecule has 3 heterocycles. The lowest BCUT2D eigenvalue weighted by Gasteiger charge is -2.35. The highest BCUT2D eigenvalue weighted by Crippen LogP contribution is 2.22. The van der Waals surface area contributed by atoms with Gasteiger partial charge in [-0.15, -0.1) is 0 Å². The van der Waals surface area contributed by atoms with Crippen molar-refractivity contribution in [3.8, 4) is 0 Å². The highest BCUT2D eigenvalue weighted by atomic mass is 16.2. The monoisotopic (exact) mass is 327 g/mol. The lowest BCUT2D eigenvalue weighted by Crippen LogP contribution is -2.49. The number of carbonyl (C=O) groups is 1. The average molecular weight is 327 g/mol. The molecule has 1 amide bonds. The Morgan fingerprint density at radius 3 is 2.38 bits per heavy atom. The van der Waals surface area contributed by atoms with Gasteiger partial charge in [-0.2, -0.15) is 0 Å². The van der Waals surface area contributed by atoms with E-state index in [4.69, 9.17) is 0 Å². The van der Waals surface area contributed by atoms with Gasteiger partial charge in [-0.3, -0.25) is 9.78 Å². The van der Waals surface area contributed by atoms with Crippen LogP contribution in [0, 0.1) is 13.8 Å². The number of hydrogen-bond donors (Lipinski definition) is 0. The van der Waals surface area contributed by atoms with Crippen molar-refractivity contribution in [1.82, 2.24) is 19.4 Å². The van der Waals surface area contributed by atoms with Gasteiger partial charge < -0.3 is 14.4 Å². The Kier molecular flexibility index (Phi) is 4.55. The van der Waals surface area contributed by atoms with Crippen LogP contribution in [0.1, 0.15) is 41.6 Å².